The van der Waals surface area contributed by atoms with E-state index in [0.717, 1.165) is 13.0 Å². The number of amides is 1. The van der Waals surface area contributed by atoms with Crippen LogP contribution in [0, 0.1) is 0 Å². The summed E-state index contributed by atoms with van der Waals surface area (Å²) in [5.41, 5.74) is 3.96. The van der Waals surface area contributed by atoms with Gasteiger partial charge in [-0.15, -0.1) is 0 Å². The predicted molar refractivity (Wildman–Crippen MR) is 64.4 cm³/mol. The van der Waals surface area contributed by atoms with Crippen molar-refractivity contribution in [3.63, 3.8) is 0 Å². The molecular weight excluding hydrogens is 200 g/mol. The molecule has 1 aromatic carbocycles. The molecule has 3 heteroatoms. The molecule has 2 rings (SSSR count). The van der Waals surface area contributed by atoms with Gasteiger partial charge in [0.05, 0.1) is 0 Å². The van der Waals surface area contributed by atoms with Crippen LogP contribution in [-0.2, 0) is 4.79 Å². The fraction of sp³-hybridized carbons (Fsp3) is 0.308. The smallest absolute Gasteiger partial charge is 0.253 e. The number of hydrogen-bond acceptors (Lipinski definition) is 2. The first-order valence-electron chi connectivity index (χ1n) is 5.60. The van der Waals surface area contributed by atoms with Crippen molar-refractivity contribution in [2.45, 2.75) is 19.4 Å². The Hall–Kier alpha value is -1.61. The second kappa shape index (κ2) is 4.94. The van der Waals surface area contributed by atoms with Crippen LogP contribution in [-0.4, -0.2) is 23.5 Å². The van der Waals surface area contributed by atoms with Crippen molar-refractivity contribution in [3.8, 4) is 0 Å². The zero-order valence-electron chi connectivity index (χ0n) is 9.39. The summed E-state index contributed by atoms with van der Waals surface area (Å²) in [6.07, 6.45) is 5.00. The largest absolute Gasteiger partial charge is 0.286 e. The quantitative estimate of drug-likeness (QED) is 0.832. The van der Waals surface area contributed by atoms with Crippen molar-refractivity contribution < 1.29 is 4.79 Å². The first-order chi connectivity index (χ1) is 7.81. The molecule has 1 fully saturated rings. The summed E-state index contributed by atoms with van der Waals surface area (Å²) in [4.78, 5) is 11.1. The summed E-state index contributed by atoms with van der Waals surface area (Å²) in [5.74, 6) is 0.135. The Morgan fingerprint density at radius 3 is 2.75 bits per heavy atom. The van der Waals surface area contributed by atoms with Gasteiger partial charge in [0.15, 0.2) is 0 Å². The normalized spacial score (nSPS) is 20.8. The second-order valence-electron chi connectivity index (χ2n) is 3.87. The zero-order chi connectivity index (χ0) is 11.4. The van der Waals surface area contributed by atoms with Gasteiger partial charge < -0.3 is 0 Å². The summed E-state index contributed by atoms with van der Waals surface area (Å²) in [6.45, 7) is 2.79. The van der Waals surface area contributed by atoms with Gasteiger partial charge in [-0.2, -0.15) is 0 Å². The number of hydrogen-bond donors (Lipinski definition) is 1. The van der Waals surface area contributed by atoms with Crippen LogP contribution in [0.4, 0.5) is 0 Å². The van der Waals surface area contributed by atoms with E-state index in [4.69, 9.17) is 0 Å². The maximum absolute atomic E-state index is 11.1. The molecule has 84 valence electrons. The second-order valence-corrected chi connectivity index (χ2v) is 3.87. The highest BCUT2D eigenvalue weighted by atomic mass is 16.2. The van der Waals surface area contributed by atoms with E-state index in [1.807, 2.05) is 30.1 Å². The molecule has 1 N–H and O–H groups in total. The molecule has 0 radical (unpaired) electrons. The van der Waals surface area contributed by atoms with Crippen molar-refractivity contribution in [2.24, 2.45) is 0 Å². The van der Waals surface area contributed by atoms with Crippen molar-refractivity contribution in [1.82, 2.24) is 10.4 Å². The van der Waals surface area contributed by atoms with Crippen LogP contribution in [0.1, 0.15) is 18.9 Å². The van der Waals surface area contributed by atoms with Crippen molar-refractivity contribution in [2.75, 3.05) is 6.54 Å². The van der Waals surface area contributed by atoms with E-state index in [0.29, 0.717) is 0 Å². The molecule has 3 nitrogen and oxygen atoms in total. The first kappa shape index (κ1) is 10.9. The number of nitrogens with one attached hydrogen (secondary N) is 1. The molecular formula is C13H16N2O. The highest BCUT2D eigenvalue weighted by Gasteiger charge is 2.34. The molecule has 0 saturated carbocycles. The summed E-state index contributed by atoms with van der Waals surface area (Å²) in [5, 5.41) is 1.96. The third-order valence-corrected chi connectivity index (χ3v) is 2.73. The van der Waals surface area contributed by atoms with Gasteiger partial charge in [-0.3, -0.25) is 10.2 Å². The van der Waals surface area contributed by atoms with Gasteiger partial charge in [0.2, 0.25) is 0 Å². The maximum Gasteiger partial charge on any atom is 0.253 e. The van der Waals surface area contributed by atoms with Gasteiger partial charge >= 0.3 is 0 Å². The van der Waals surface area contributed by atoms with Crippen molar-refractivity contribution >= 4 is 12.0 Å². The fourth-order valence-corrected chi connectivity index (χ4v) is 1.81. The number of rotatable bonds is 4. The first-order valence-corrected chi connectivity index (χ1v) is 5.60. The Balaban J connectivity index is 1.84. The van der Waals surface area contributed by atoms with Crippen LogP contribution in [0.15, 0.2) is 36.4 Å². The number of nitrogens with zero attached hydrogens (tertiary/aromatic N) is 1. The summed E-state index contributed by atoms with van der Waals surface area (Å²) in [6, 6.07) is 10.2. The Kier molecular flexibility index (Phi) is 3.37. The van der Waals surface area contributed by atoms with Gasteiger partial charge in [-0.25, -0.2) is 5.01 Å². The van der Waals surface area contributed by atoms with Crippen LogP contribution in [0.2, 0.25) is 0 Å². The van der Waals surface area contributed by atoms with Crippen LogP contribution >= 0.6 is 0 Å². The zero-order valence-corrected chi connectivity index (χ0v) is 9.39. The van der Waals surface area contributed by atoms with Crippen LogP contribution in [0.25, 0.3) is 6.08 Å². The molecule has 1 unspecified atom stereocenters. The molecule has 1 aliphatic heterocycles. The molecule has 0 aliphatic carbocycles. The topological polar surface area (TPSA) is 32.3 Å². The van der Waals surface area contributed by atoms with E-state index in [1.165, 1.54) is 5.56 Å². The highest BCUT2D eigenvalue weighted by Crippen LogP contribution is 2.11. The number of hydrazine groups is 1. The number of carbonyl (C=O) groups excluding carboxylic acids is 1. The third kappa shape index (κ3) is 2.31. The van der Waals surface area contributed by atoms with Gasteiger partial charge in [0.25, 0.3) is 5.91 Å². The number of carbonyl (C=O) groups is 1. The molecule has 1 heterocycles. The standard InChI is InChI=1S/C13H16N2O/c1-2-12-13(16)14-15(12)10-6-9-11-7-4-3-5-8-11/h3-9,12H,2,10H2,1H3,(H,14,16). The molecule has 1 atom stereocenters. The van der Waals surface area contributed by atoms with E-state index in [1.54, 1.807) is 0 Å². The third-order valence-electron chi connectivity index (χ3n) is 2.73. The monoisotopic (exact) mass is 216 g/mol. The summed E-state index contributed by atoms with van der Waals surface area (Å²) < 4.78 is 0. The van der Waals surface area contributed by atoms with E-state index in [2.05, 4.69) is 29.7 Å². The van der Waals surface area contributed by atoms with Gasteiger partial charge in [-0.1, -0.05) is 49.4 Å². The fourth-order valence-electron chi connectivity index (χ4n) is 1.81. The molecule has 16 heavy (non-hydrogen) atoms. The Bertz CT molecular complexity index is 386. The van der Waals surface area contributed by atoms with E-state index < -0.39 is 0 Å². The van der Waals surface area contributed by atoms with Crippen molar-refractivity contribution in [3.05, 3.63) is 42.0 Å². The molecule has 0 spiro atoms. The molecule has 0 bridgehead atoms. The molecule has 0 aromatic heterocycles. The van der Waals surface area contributed by atoms with Crippen molar-refractivity contribution in [1.29, 1.82) is 0 Å². The Labute approximate surface area is 95.7 Å². The van der Waals surface area contributed by atoms with Crippen LogP contribution < -0.4 is 5.43 Å². The Morgan fingerprint density at radius 2 is 2.12 bits per heavy atom. The minimum absolute atomic E-state index is 0.0559. The Morgan fingerprint density at radius 1 is 1.38 bits per heavy atom. The predicted octanol–water partition coefficient (Wildman–Crippen LogP) is 1.83. The maximum atomic E-state index is 11.1. The number of benzene rings is 1. The molecule has 1 saturated heterocycles. The lowest BCUT2D eigenvalue weighted by Gasteiger charge is -2.38. The van der Waals surface area contributed by atoms with Gasteiger partial charge in [0, 0.05) is 6.54 Å². The SMILES string of the molecule is CCC1C(=O)NN1CC=Cc1ccccc1. The molecule has 1 aliphatic rings. The van der Waals surface area contributed by atoms with Gasteiger partial charge in [0.1, 0.15) is 6.04 Å². The average Bonchev–Trinajstić information content (AvgIpc) is 2.29. The summed E-state index contributed by atoms with van der Waals surface area (Å²) in [7, 11) is 0. The lowest BCUT2D eigenvalue weighted by atomic mass is 10.1. The molecule has 1 aromatic rings. The highest BCUT2D eigenvalue weighted by molar-refractivity contribution is 5.86. The van der Waals surface area contributed by atoms with Crippen LogP contribution in [0.3, 0.4) is 0 Å². The van der Waals surface area contributed by atoms with Crippen LogP contribution in [0.5, 0.6) is 0 Å². The summed E-state index contributed by atoms with van der Waals surface area (Å²) >= 11 is 0. The van der Waals surface area contributed by atoms with E-state index >= 15 is 0 Å². The van der Waals surface area contributed by atoms with Gasteiger partial charge in [-0.05, 0) is 12.0 Å². The van der Waals surface area contributed by atoms with E-state index in [9.17, 15) is 4.79 Å². The van der Waals surface area contributed by atoms with E-state index in [-0.39, 0.29) is 11.9 Å². The lowest BCUT2D eigenvalue weighted by Crippen LogP contribution is -2.66. The minimum Gasteiger partial charge on any atom is -0.286 e. The lowest BCUT2D eigenvalue weighted by molar-refractivity contribution is -0.147. The minimum atomic E-state index is 0.0559. The molecule has 1 amide bonds. The average molecular weight is 216 g/mol.